The average Bonchev–Trinajstić information content (AvgIpc) is 2.30. The van der Waals surface area contributed by atoms with Crippen LogP contribution in [0.2, 0.25) is 0 Å². The van der Waals surface area contributed by atoms with E-state index in [1.165, 1.54) is 0 Å². The second kappa shape index (κ2) is 5.06. The number of carbonyl (C=O) groups excluding carboxylic acids is 1. The van der Waals surface area contributed by atoms with Gasteiger partial charge >= 0.3 is 12.1 Å². The molecule has 1 aromatic rings. The van der Waals surface area contributed by atoms with Crippen LogP contribution >= 0.6 is 0 Å². The van der Waals surface area contributed by atoms with Crippen molar-refractivity contribution in [1.82, 2.24) is 5.32 Å². The van der Waals surface area contributed by atoms with Crippen LogP contribution in [0, 0.1) is 11.6 Å². The first-order valence-corrected chi connectivity index (χ1v) is 5.06. The first-order valence-electron chi connectivity index (χ1n) is 5.06. The van der Waals surface area contributed by atoms with Gasteiger partial charge in [-0.3, -0.25) is 4.79 Å². The van der Waals surface area contributed by atoms with E-state index in [1.807, 2.05) is 0 Å². The normalized spacial score (nSPS) is 14.5. The van der Waals surface area contributed by atoms with Crippen LogP contribution in [0.15, 0.2) is 18.2 Å². The number of benzene rings is 1. The third kappa shape index (κ3) is 2.86. The lowest BCUT2D eigenvalue weighted by atomic mass is 10.0. The number of carboxylic acids is 1. The summed E-state index contributed by atoms with van der Waals surface area (Å²) >= 11 is 0. The SMILES string of the molecule is CC(NC(=O)c1cc(F)ccc1F)(C(=O)O)C(F)(F)F. The predicted molar refractivity (Wildman–Crippen MR) is 55.9 cm³/mol. The number of carbonyl (C=O) groups is 2. The van der Waals surface area contributed by atoms with Gasteiger partial charge < -0.3 is 10.4 Å². The summed E-state index contributed by atoms with van der Waals surface area (Å²) in [6, 6.07) is 1.56. The van der Waals surface area contributed by atoms with Crippen LogP contribution < -0.4 is 5.32 Å². The summed E-state index contributed by atoms with van der Waals surface area (Å²) in [5, 5.41) is 9.73. The van der Waals surface area contributed by atoms with E-state index in [2.05, 4.69) is 0 Å². The molecule has 2 N–H and O–H groups in total. The number of aliphatic carboxylic acids is 1. The van der Waals surface area contributed by atoms with Gasteiger partial charge in [-0.25, -0.2) is 13.6 Å². The number of nitrogens with one attached hydrogen (secondary N) is 1. The van der Waals surface area contributed by atoms with E-state index >= 15 is 0 Å². The maximum Gasteiger partial charge on any atom is 0.422 e. The molecule has 0 heterocycles. The number of hydrogen-bond donors (Lipinski definition) is 2. The maximum atomic E-state index is 13.2. The van der Waals surface area contributed by atoms with Gasteiger partial charge in [0.25, 0.3) is 5.91 Å². The Labute approximate surface area is 109 Å². The molecule has 20 heavy (non-hydrogen) atoms. The Hall–Kier alpha value is -2.19. The molecule has 0 saturated heterocycles. The van der Waals surface area contributed by atoms with Gasteiger partial charge in [0.15, 0.2) is 0 Å². The summed E-state index contributed by atoms with van der Waals surface area (Å²) in [6.07, 6.45) is -5.32. The van der Waals surface area contributed by atoms with Crippen LogP contribution in [0.25, 0.3) is 0 Å². The van der Waals surface area contributed by atoms with Gasteiger partial charge in [-0.15, -0.1) is 0 Å². The standard InChI is InChI=1S/C11H8F5NO3/c1-10(9(19)20,11(14,15)16)17-8(18)6-4-5(12)2-3-7(6)13/h2-4H,1H3,(H,17,18)(H,19,20). The summed E-state index contributed by atoms with van der Waals surface area (Å²) in [7, 11) is 0. The molecule has 0 bridgehead atoms. The number of halogens is 5. The smallest absolute Gasteiger partial charge is 0.422 e. The zero-order valence-corrected chi connectivity index (χ0v) is 9.89. The van der Waals surface area contributed by atoms with E-state index in [9.17, 15) is 31.5 Å². The molecular formula is C11H8F5NO3. The van der Waals surface area contributed by atoms with Crippen LogP contribution in [0.3, 0.4) is 0 Å². The Balaban J connectivity index is 3.16. The number of carboxylic acid groups (broad SMARTS) is 1. The Morgan fingerprint density at radius 2 is 1.75 bits per heavy atom. The molecule has 0 aliphatic heterocycles. The van der Waals surface area contributed by atoms with Crippen LogP contribution in [0.1, 0.15) is 17.3 Å². The first-order chi connectivity index (χ1) is 8.99. The van der Waals surface area contributed by atoms with E-state index in [0.717, 1.165) is 5.32 Å². The van der Waals surface area contributed by atoms with Crippen LogP contribution in [0.4, 0.5) is 22.0 Å². The van der Waals surface area contributed by atoms with Crippen molar-refractivity contribution in [1.29, 1.82) is 0 Å². The Bertz CT molecular complexity index is 557. The van der Waals surface area contributed by atoms with Crippen LogP contribution in [-0.2, 0) is 4.79 Å². The number of rotatable bonds is 3. The highest BCUT2D eigenvalue weighted by Crippen LogP contribution is 2.30. The molecule has 1 amide bonds. The Morgan fingerprint density at radius 1 is 1.20 bits per heavy atom. The summed E-state index contributed by atoms with van der Waals surface area (Å²) in [4.78, 5) is 22.2. The fourth-order valence-corrected chi connectivity index (χ4v) is 1.21. The second-order valence-electron chi connectivity index (χ2n) is 4.01. The molecule has 0 spiro atoms. The highest BCUT2D eigenvalue weighted by molar-refractivity contribution is 5.98. The minimum atomic E-state index is -5.32. The van der Waals surface area contributed by atoms with Crippen molar-refractivity contribution in [3.05, 3.63) is 35.4 Å². The van der Waals surface area contributed by atoms with E-state index in [1.54, 1.807) is 0 Å². The summed E-state index contributed by atoms with van der Waals surface area (Å²) in [6.45, 7) is 0.199. The molecule has 1 unspecified atom stereocenters. The molecule has 0 radical (unpaired) electrons. The minimum Gasteiger partial charge on any atom is -0.479 e. The van der Waals surface area contributed by atoms with Crippen molar-refractivity contribution in [2.45, 2.75) is 18.6 Å². The van der Waals surface area contributed by atoms with Crippen molar-refractivity contribution in [3.63, 3.8) is 0 Å². The molecule has 9 heteroatoms. The average molecular weight is 297 g/mol. The van der Waals surface area contributed by atoms with Gasteiger partial charge in [0, 0.05) is 0 Å². The van der Waals surface area contributed by atoms with Crippen molar-refractivity contribution >= 4 is 11.9 Å². The molecule has 1 atom stereocenters. The van der Waals surface area contributed by atoms with Gasteiger partial charge in [-0.05, 0) is 25.1 Å². The third-order valence-corrected chi connectivity index (χ3v) is 2.53. The summed E-state index contributed by atoms with van der Waals surface area (Å²) in [5.74, 6) is -6.40. The summed E-state index contributed by atoms with van der Waals surface area (Å²) < 4.78 is 64.0. The molecule has 1 aromatic carbocycles. The number of alkyl halides is 3. The molecule has 0 aliphatic rings. The lowest BCUT2D eigenvalue weighted by molar-refractivity contribution is -0.203. The second-order valence-corrected chi connectivity index (χ2v) is 4.01. The minimum absolute atomic E-state index is 0.199. The molecule has 0 aromatic heterocycles. The van der Waals surface area contributed by atoms with Gasteiger partial charge in [-0.2, -0.15) is 13.2 Å². The number of amides is 1. The fraction of sp³-hybridized carbons (Fsp3) is 0.273. The summed E-state index contributed by atoms with van der Waals surface area (Å²) in [5.41, 5.74) is -4.65. The van der Waals surface area contributed by atoms with Crippen molar-refractivity contribution < 1.29 is 36.6 Å². The first kappa shape index (κ1) is 15.9. The highest BCUT2D eigenvalue weighted by atomic mass is 19.4. The molecule has 4 nitrogen and oxygen atoms in total. The third-order valence-electron chi connectivity index (χ3n) is 2.53. The topological polar surface area (TPSA) is 66.4 Å². The molecule has 0 fully saturated rings. The largest absolute Gasteiger partial charge is 0.479 e. The van der Waals surface area contributed by atoms with E-state index < -0.39 is 40.8 Å². The zero-order chi connectivity index (χ0) is 15.7. The Morgan fingerprint density at radius 3 is 2.20 bits per heavy atom. The highest BCUT2D eigenvalue weighted by Gasteiger charge is 2.58. The molecule has 110 valence electrons. The van der Waals surface area contributed by atoms with Gasteiger partial charge in [-0.1, -0.05) is 0 Å². The fourth-order valence-electron chi connectivity index (χ4n) is 1.21. The molecule has 0 aliphatic carbocycles. The maximum absolute atomic E-state index is 13.2. The van der Waals surface area contributed by atoms with E-state index in [-0.39, 0.29) is 6.92 Å². The van der Waals surface area contributed by atoms with Crippen molar-refractivity contribution in [2.75, 3.05) is 0 Å². The monoisotopic (exact) mass is 297 g/mol. The molecule has 0 saturated carbocycles. The van der Waals surface area contributed by atoms with E-state index in [0.29, 0.717) is 18.2 Å². The van der Waals surface area contributed by atoms with E-state index in [4.69, 9.17) is 5.11 Å². The molecular weight excluding hydrogens is 289 g/mol. The zero-order valence-electron chi connectivity index (χ0n) is 9.89. The van der Waals surface area contributed by atoms with Gasteiger partial charge in [0.05, 0.1) is 5.56 Å². The predicted octanol–water partition coefficient (Wildman–Crippen LogP) is 2.10. The molecule has 1 rings (SSSR count). The lowest BCUT2D eigenvalue weighted by Crippen LogP contribution is -2.62. The van der Waals surface area contributed by atoms with Crippen LogP contribution in [0.5, 0.6) is 0 Å². The lowest BCUT2D eigenvalue weighted by Gasteiger charge is -2.28. The van der Waals surface area contributed by atoms with Crippen molar-refractivity contribution in [3.8, 4) is 0 Å². The quantitative estimate of drug-likeness (QED) is 0.840. The van der Waals surface area contributed by atoms with Gasteiger partial charge in [0.2, 0.25) is 5.54 Å². The Kier molecular flexibility index (Phi) is 4.02. The van der Waals surface area contributed by atoms with Crippen LogP contribution in [-0.4, -0.2) is 28.7 Å². The number of hydrogen-bond acceptors (Lipinski definition) is 2. The van der Waals surface area contributed by atoms with Gasteiger partial charge in [0.1, 0.15) is 11.6 Å². The van der Waals surface area contributed by atoms with Crippen molar-refractivity contribution in [2.24, 2.45) is 0 Å².